The Kier molecular flexibility index (Phi) is 2.74. The molecule has 1 fully saturated rings. The molecule has 2 rings (SSSR count). The SMILES string of the molecule is CNc1cc(NC(C)(C)C)nc(C2CC2)n1. The van der Waals surface area contributed by atoms with Crippen LogP contribution in [0.2, 0.25) is 0 Å². The maximum Gasteiger partial charge on any atom is 0.136 e. The fourth-order valence-corrected chi connectivity index (χ4v) is 1.57. The van der Waals surface area contributed by atoms with E-state index in [1.54, 1.807) is 0 Å². The number of rotatable bonds is 3. The van der Waals surface area contributed by atoms with E-state index in [0.29, 0.717) is 5.92 Å². The van der Waals surface area contributed by atoms with Crippen LogP contribution in [0.5, 0.6) is 0 Å². The van der Waals surface area contributed by atoms with Crippen LogP contribution in [0, 0.1) is 0 Å². The van der Waals surface area contributed by atoms with E-state index in [1.165, 1.54) is 12.8 Å². The molecule has 1 saturated carbocycles. The number of anilines is 2. The Labute approximate surface area is 96.9 Å². The molecule has 1 aliphatic rings. The molecule has 4 nitrogen and oxygen atoms in total. The highest BCUT2D eigenvalue weighted by Gasteiger charge is 2.27. The molecule has 2 N–H and O–H groups in total. The summed E-state index contributed by atoms with van der Waals surface area (Å²) >= 11 is 0. The number of hydrogen-bond acceptors (Lipinski definition) is 4. The molecule has 0 saturated heterocycles. The van der Waals surface area contributed by atoms with Gasteiger partial charge in [-0.3, -0.25) is 0 Å². The van der Waals surface area contributed by atoms with Crippen LogP contribution in [0.4, 0.5) is 11.6 Å². The molecule has 0 bridgehead atoms. The van der Waals surface area contributed by atoms with Gasteiger partial charge in [0.05, 0.1) is 0 Å². The third-order valence-corrected chi connectivity index (χ3v) is 2.45. The third-order valence-electron chi connectivity index (χ3n) is 2.45. The van der Waals surface area contributed by atoms with Crippen LogP contribution in [-0.4, -0.2) is 22.6 Å². The third kappa shape index (κ3) is 2.84. The molecule has 1 aromatic rings. The first kappa shape index (κ1) is 11.2. The zero-order chi connectivity index (χ0) is 11.8. The highest BCUT2D eigenvalue weighted by molar-refractivity contribution is 5.48. The van der Waals surface area contributed by atoms with E-state index in [2.05, 4.69) is 41.4 Å². The molecule has 4 heteroatoms. The van der Waals surface area contributed by atoms with Crippen LogP contribution in [0.25, 0.3) is 0 Å². The summed E-state index contributed by atoms with van der Waals surface area (Å²) in [5.74, 6) is 3.35. The van der Waals surface area contributed by atoms with Crippen LogP contribution in [0.1, 0.15) is 45.4 Å². The van der Waals surface area contributed by atoms with Gasteiger partial charge in [0.2, 0.25) is 0 Å². The van der Waals surface area contributed by atoms with E-state index in [4.69, 9.17) is 0 Å². The van der Waals surface area contributed by atoms with Crippen LogP contribution in [-0.2, 0) is 0 Å². The monoisotopic (exact) mass is 220 g/mol. The van der Waals surface area contributed by atoms with Gasteiger partial charge in [-0.2, -0.15) is 0 Å². The number of nitrogens with zero attached hydrogens (tertiary/aromatic N) is 2. The van der Waals surface area contributed by atoms with Gasteiger partial charge in [0.1, 0.15) is 17.5 Å². The van der Waals surface area contributed by atoms with Crippen molar-refractivity contribution in [2.75, 3.05) is 17.7 Å². The molecule has 0 unspecified atom stereocenters. The van der Waals surface area contributed by atoms with Crippen LogP contribution < -0.4 is 10.6 Å². The zero-order valence-corrected chi connectivity index (χ0v) is 10.5. The minimum Gasteiger partial charge on any atom is -0.373 e. The first-order chi connectivity index (χ1) is 7.48. The van der Waals surface area contributed by atoms with Gasteiger partial charge in [0, 0.05) is 24.6 Å². The molecule has 0 amide bonds. The van der Waals surface area contributed by atoms with Gasteiger partial charge < -0.3 is 10.6 Å². The average Bonchev–Trinajstić information content (AvgIpc) is 2.97. The molecule has 0 spiro atoms. The summed E-state index contributed by atoms with van der Waals surface area (Å²) < 4.78 is 0. The summed E-state index contributed by atoms with van der Waals surface area (Å²) in [6.07, 6.45) is 2.45. The van der Waals surface area contributed by atoms with Gasteiger partial charge in [-0.25, -0.2) is 9.97 Å². The van der Waals surface area contributed by atoms with Crippen molar-refractivity contribution in [3.05, 3.63) is 11.9 Å². The zero-order valence-electron chi connectivity index (χ0n) is 10.5. The topological polar surface area (TPSA) is 49.8 Å². The van der Waals surface area contributed by atoms with Crippen molar-refractivity contribution in [3.8, 4) is 0 Å². The van der Waals surface area contributed by atoms with Crippen LogP contribution in [0.15, 0.2) is 6.07 Å². The molecule has 0 aliphatic heterocycles. The summed E-state index contributed by atoms with van der Waals surface area (Å²) in [7, 11) is 1.89. The average molecular weight is 220 g/mol. The number of aromatic nitrogens is 2. The Balaban J connectivity index is 2.25. The molecule has 16 heavy (non-hydrogen) atoms. The summed E-state index contributed by atoms with van der Waals surface area (Å²) in [5.41, 5.74) is 0.0280. The van der Waals surface area contributed by atoms with E-state index in [-0.39, 0.29) is 5.54 Å². The van der Waals surface area contributed by atoms with Crippen LogP contribution in [0.3, 0.4) is 0 Å². The van der Waals surface area contributed by atoms with Crippen LogP contribution >= 0.6 is 0 Å². The van der Waals surface area contributed by atoms with E-state index < -0.39 is 0 Å². The minimum atomic E-state index is 0.0280. The Hall–Kier alpha value is -1.32. The molecule has 0 atom stereocenters. The quantitative estimate of drug-likeness (QED) is 0.822. The number of hydrogen-bond donors (Lipinski definition) is 2. The lowest BCUT2D eigenvalue weighted by Crippen LogP contribution is -2.27. The summed E-state index contributed by atoms with van der Waals surface area (Å²) in [6, 6.07) is 1.96. The fourth-order valence-electron chi connectivity index (χ4n) is 1.57. The summed E-state index contributed by atoms with van der Waals surface area (Å²) in [4.78, 5) is 9.05. The smallest absolute Gasteiger partial charge is 0.136 e. The second kappa shape index (κ2) is 3.92. The highest BCUT2D eigenvalue weighted by Crippen LogP contribution is 2.38. The second-order valence-electron chi connectivity index (χ2n) is 5.40. The van der Waals surface area contributed by atoms with E-state index in [1.807, 2.05) is 13.1 Å². The van der Waals surface area contributed by atoms with Crippen molar-refractivity contribution in [1.29, 1.82) is 0 Å². The minimum absolute atomic E-state index is 0.0280. The van der Waals surface area contributed by atoms with Gasteiger partial charge in [0.25, 0.3) is 0 Å². The lowest BCUT2D eigenvalue weighted by Gasteiger charge is -2.21. The molecule has 1 aliphatic carbocycles. The fraction of sp³-hybridized carbons (Fsp3) is 0.667. The molecule has 1 aromatic heterocycles. The summed E-state index contributed by atoms with van der Waals surface area (Å²) in [5, 5.41) is 6.47. The van der Waals surface area contributed by atoms with Crippen molar-refractivity contribution in [2.45, 2.75) is 45.1 Å². The molecular formula is C12H20N4. The molecular weight excluding hydrogens is 200 g/mol. The van der Waals surface area contributed by atoms with E-state index in [9.17, 15) is 0 Å². The Bertz CT molecular complexity index is 377. The molecule has 0 radical (unpaired) electrons. The van der Waals surface area contributed by atoms with Crippen molar-refractivity contribution < 1.29 is 0 Å². The first-order valence-corrected chi connectivity index (χ1v) is 5.83. The van der Waals surface area contributed by atoms with Gasteiger partial charge in [-0.15, -0.1) is 0 Å². The van der Waals surface area contributed by atoms with E-state index in [0.717, 1.165) is 17.5 Å². The lowest BCUT2D eigenvalue weighted by atomic mass is 10.1. The van der Waals surface area contributed by atoms with Gasteiger partial charge in [-0.1, -0.05) is 0 Å². The predicted molar refractivity (Wildman–Crippen MR) is 66.9 cm³/mol. The largest absolute Gasteiger partial charge is 0.373 e. The number of nitrogens with one attached hydrogen (secondary N) is 2. The molecule has 0 aromatic carbocycles. The van der Waals surface area contributed by atoms with Gasteiger partial charge in [-0.05, 0) is 33.6 Å². The highest BCUT2D eigenvalue weighted by atomic mass is 15.1. The van der Waals surface area contributed by atoms with Crippen molar-refractivity contribution >= 4 is 11.6 Å². The maximum atomic E-state index is 4.57. The Morgan fingerprint density at radius 2 is 1.81 bits per heavy atom. The molecule has 1 heterocycles. The van der Waals surface area contributed by atoms with Crippen molar-refractivity contribution in [3.63, 3.8) is 0 Å². The van der Waals surface area contributed by atoms with Gasteiger partial charge >= 0.3 is 0 Å². The summed E-state index contributed by atoms with van der Waals surface area (Å²) in [6.45, 7) is 6.39. The standard InChI is InChI=1S/C12H20N4/c1-12(2,3)16-10-7-9(13-4)14-11(15-10)8-5-6-8/h7-8H,5-6H2,1-4H3,(H2,13,14,15,16). The van der Waals surface area contributed by atoms with Crippen molar-refractivity contribution in [1.82, 2.24) is 9.97 Å². The predicted octanol–water partition coefficient (Wildman–Crippen LogP) is 2.61. The maximum absolute atomic E-state index is 4.57. The Morgan fingerprint density at radius 3 is 2.31 bits per heavy atom. The first-order valence-electron chi connectivity index (χ1n) is 5.83. The van der Waals surface area contributed by atoms with Gasteiger partial charge in [0.15, 0.2) is 0 Å². The normalized spacial score (nSPS) is 16.0. The van der Waals surface area contributed by atoms with E-state index >= 15 is 0 Å². The molecule has 88 valence electrons. The van der Waals surface area contributed by atoms with Crippen molar-refractivity contribution in [2.24, 2.45) is 0 Å². The second-order valence-corrected chi connectivity index (χ2v) is 5.40. The Morgan fingerprint density at radius 1 is 1.19 bits per heavy atom. The lowest BCUT2D eigenvalue weighted by molar-refractivity contribution is 0.629.